The van der Waals surface area contributed by atoms with Crippen molar-refractivity contribution in [2.75, 3.05) is 6.54 Å². The summed E-state index contributed by atoms with van der Waals surface area (Å²) < 4.78 is 41.1. The minimum Gasteiger partial charge on any atom is -0.207 e. The van der Waals surface area contributed by atoms with Crippen molar-refractivity contribution in [1.82, 2.24) is 4.31 Å². The van der Waals surface area contributed by atoms with Crippen LogP contribution in [0.2, 0.25) is 0 Å². The summed E-state index contributed by atoms with van der Waals surface area (Å²) in [5.74, 6) is -0.819. The molecule has 7 heteroatoms. The summed E-state index contributed by atoms with van der Waals surface area (Å²) in [5, 5.41) is 0. The average Bonchev–Trinajstić information content (AvgIpc) is 2.78. The molecule has 0 bridgehead atoms. The van der Waals surface area contributed by atoms with Gasteiger partial charge in [-0.3, -0.25) is 0 Å². The quantitative estimate of drug-likeness (QED) is 0.764. The van der Waals surface area contributed by atoms with Crippen LogP contribution in [0.25, 0.3) is 0 Å². The second kappa shape index (κ2) is 5.68. The lowest BCUT2D eigenvalue weighted by Gasteiger charge is -2.21. The Bertz CT molecular complexity index is 594. The predicted octanol–water partition coefficient (Wildman–Crippen LogP) is 3.50. The molecule has 0 radical (unpaired) electrons. The van der Waals surface area contributed by atoms with Gasteiger partial charge in [-0.1, -0.05) is 15.9 Å². The lowest BCUT2D eigenvalue weighted by atomic mass is 10.2. The Morgan fingerprint density at radius 2 is 2.21 bits per heavy atom. The minimum absolute atomic E-state index is 0.0661. The second-order valence-corrected chi connectivity index (χ2v) is 7.66. The molecule has 1 atom stereocenters. The zero-order chi connectivity index (χ0) is 14.2. The summed E-state index contributed by atoms with van der Waals surface area (Å²) in [7, 11) is -3.80. The number of alkyl halides is 1. The van der Waals surface area contributed by atoms with Crippen LogP contribution < -0.4 is 0 Å². The molecule has 0 aliphatic carbocycles. The molecule has 1 unspecified atom stereocenters. The predicted molar refractivity (Wildman–Crippen MR) is 76.2 cm³/mol. The molecule has 1 aromatic rings. The maximum Gasteiger partial charge on any atom is 0.246 e. The first-order valence-electron chi connectivity index (χ1n) is 5.93. The number of rotatable bonds is 3. The van der Waals surface area contributed by atoms with Crippen molar-refractivity contribution in [2.24, 2.45) is 0 Å². The fourth-order valence-electron chi connectivity index (χ4n) is 2.29. The molecule has 0 N–H and O–H groups in total. The van der Waals surface area contributed by atoms with Crippen LogP contribution in [0.1, 0.15) is 25.3 Å². The summed E-state index contributed by atoms with van der Waals surface area (Å²) in [6.07, 6.45) is 1.61. The van der Waals surface area contributed by atoms with E-state index in [0.717, 1.165) is 12.8 Å². The van der Waals surface area contributed by atoms with Crippen molar-refractivity contribution in [3.63, 3.8) is 0 Å². The summed E-state index contributed by atoms with van der Waals surface area (Å²) in [6.45, 7) is 2.27. The van der Waals surface area contributed by atoms with Gasteiger partial charge in [0.15, 0.2) is 0 Å². The number of nitrogens with zero attached hydrogens (tertiary/aromatic N) is 1. The molecule has 1 aromatic carbocycles. The van der Waals surface area contributed by atoms with E-state index in [1.807, 2.05) is 6.92 Å². The molecule has 0 amide bonds. The molecular weight excluding hydrogens is 357 g/mol. The molecule has 1 aliphatic rings. The van der Waals surface area contributed by atoms with Gasteiger partial charge in [-0.2, -0.15) is 4.31 Å². The minimum atomic E-state index is -3.80. The van der Waals surface area contributed by atoms with Gasteiger partial charge in [0.25, 0.3) is 0 Å². The van der Waals surface area contributed by atoms with E-state index in [2.05, 4.69) is 15.9 Å². The lowest BCUT2D eigenvalue weighted by molar-refractivity contribution is 0.404. The molecular formula is C12H14BrClFNO2S. The van der Waals surface area contributed by atoms with E-state index in [1.54, 1.807) is 0 Å². The van der Waals surface area contributed by atoms with Crippen LogP contribution in [-0.4, -0.2) is 25.3 Å². The number of halogens is 3. The van der Waals surface area contributed by atoms with Crippen LogP contribution in [0, 0.1) is 5.82 Å². The van der Waals surface area contributed by atoms with Gasteiger partial charge in [-0.15, -0.1) is 11.6 Å². The smallest absolute Gasteiger partial charge is 0.207 e. The SMILES string of the molecule is CC1CCCN1S(=O)(=O)c1cc(Br)cc(CCl)c1F. The third kappa shape index (κ3) is 2.82. The molecule has 0 spiro atoms. The number of hydrogen-bond acceptors (Lipinski definition) is 2. The number of hydrogen-bond donors (Lipinski definition) is 0. The molecule has 1 fully saturated rings. The van der Waals surface area contributed by atoms with E-state index in [1.165, 1.54) is 16.4 Å². The maximum atomic E-state index is 14.2. The van der Waals surface area contributed by atoms with E-state index >= 15 is 0 Å². The normalized spacial score (nSPS) is 20.9. The van der Waals surface area contributed by atoms with Crippen molar-refractivity contribution >= 4 is 37.6 Å². The summed E-state index contributed by atoms with van der Waals surface area (Å²) in [5.41, 5.74) is 0.182. The second-order valence-electron chi connectivity index (χ2n) is 4.62. The van der Waals surface area contributed by atoms with Crippen LogP contribution >= 0.6 is 27.5 Å². The highest BCUT2D eigenvalue weighted by Gasteiger charge is 2.35. The zero-order valence-electron chi connectivity index (χ0n) is 10.4. The van der Waals surface area contributed by atoms with E-state index < -0.39 is 15.8 Å². The van der Waals surface area contributed by atoms with Gasteiger partial charge >= 0.3 is 0 Å². The van der Waals surface area contributed by atoms with Crippen LogP contribution in [0.4, 0.5) is 4.39 Å². The van der Waals surface area contributed by atoms with Gasteiger partial charge in [-0.05, 0) is 31.9 Å². The van der Waals surface area contributed by atoms with Gasteiger partial charge in [0, 0.05) is 22.6 Å². The number of benzene rings is 1. The average molecular weight is 371 g/mol. The molecule has 19 heavy (non-hydrogen) atoms. The molecule has 0 aromatic heterocycles. The Morgan fingerprint density at radius 1 is 1.53 bits per heavy atom. The van der Waals surface area contributed by atoms with E-state index in [-0.39, 0.29) is 22.4 Å². The van der Waals surface area contributed by atoms with E-state index in [9.17, 15) is 12.8 Å². The maximum absolute atomic E-state index is 14.2. The van der Waals surface area contributed by atoms with Crippen LogP contribution in [0.5, 0.6) is 0 Å². The Labute approximate surface area is 125 Å². The van der Waals surface area contributed by atoms with Gasteiger partial charge < -0.3 is 0 Å². The Hall–Kier alpha value is -0.170. The largest absolute Gasteiger partial charge is 0.246 e. The van der Waals surface area contributed by atoms with Crippen LogP contribution in [-0.2, 0) is 15.9 Å². The molecule has 2 rings (SSSR count). The third-order valence-electron chi connectivity index (χ3n) is 3.30. The zero-order valence-corrected chi connectivity index (χ0v) is 13.5. The molecule has 1 aliphatic heterocycles. The number of sulfonamides is 1. The lowest BCUT2D eigenvalue weighted by Crippen LogP contribution is -2.34. The Kier molecular flexibility index (Phi) is 4.55. The first kappa shape index (κ1) is 15.2. The summed E-state index contributed by atoms with van der Waals surface area (Å²) in [4.78, 5) is -0.300. The van der Waals surface area contributed by atoms with Crippen molar-refractivity contribution in [3.8, 4) is 0 Å². The highest BCUT2D eigenvalue weighted by molar-refractivity contribution is 9.10. The highest BCUT2D eigenvalue weighted by Crippen LogP contribution is 2.31. The molecule has 3 nitrogen and oxygen atoms in total. The van der Waals surface area contributed by atoms with Crippen LogP contribution in [0.15, 0.2) is 21.5 Å². The standard InChI is InChI=1S/C12H14BrClFNO2S/c1-8-3-2-4-16(8)19(17,18)11-6-10(13)5-9(7-14)12(11)15/h5-6,8H,2-4,7H2,1H3. The molecule has 1 heterocycles. The summed E-state index contributed by atoms with van der Waals surface area (Å²) >= 11 is 8.84. The third-order valence-corrected chi connectivity index (χ3v) is 6.06. The fourth-order valence-corrected chi connectivity index (χ4v) is 4.98. The van der Waals surface area contributed by atoms with Crippen molar-refractivity contribution < 1.29 is 12.8 Å². The van der Waals surface area contributed by atoms with Gasteiger partial charge in [0.1, 0.15) is 10.7 Å². The van der Waals surface area contributed by atoms with E-state index in [0.29, 0.717) is 11.0 Å². The molecule has 0 saturated carbocycles. The van der Waals surface area contributed by atoms with Gasteiger partial charge in [0.05, 0.1) is 5.88 Å². The highest BCUT2D eigenvalue weighted by atomic mass is 79.9. The fraction of sp³-hybridized carbons (Fsp3) is 0.500. The van der Waals surface area contributed by atoms with Crippen molar-refractivity contribution in [3.05, 3.63) is 28.0 Å². The van der Waals surface area contributed by atoms with Crippen molar-refractivity contribution in [1.29, 1.82) is 0 Å². The van der Waals surface area contributed by atoms with Gasteiger partial charge in [0.2, 0.25) is 10.0 Å². The topological polar surface area (TPSA) is 37.4 Å². The van der Waals surface area contributed by atoms with Crippen molar-refractivity contribution in [2.45, 2.75) is 36.6 Å². The van der Waals surface area contributed by atoms with Gasteiger partial charge in [-0.25, -0.2) is 12.8 Å². The summed E-state index contributed by atoms with van der Waals surface area (Å²) in [6, 6.07) is 2.70. The Morgan fingerprint density at radius 3 is 2.74 bits per heavy atom. The first-order valence-corrected chi connectivity index (χ1v) is 8.70. The van der Waals surface area contributed by atoms with Crippen LogP contribution in [0.3, 0.4) is 0 Å². The molecule has 1 saturated heterocycles. The first-order chi connectivity index (χ1) is 8.87. The van der Waals surface area contributed by atoms with E-state index in [4.69, 9.17) is 11.6 Å². The molecule has 106 valence electrons. The monoisotopic (exact) mass is 369 g/mol. The Balaban J connectivity index is 2.54.